The van der Waals surface area contributed by atoms with E-state index in [0.717, 1.165) is 0 Å². The molecule has 0 aliphatic heterocycles. The molecule has 5 heterocycles. The van der Waals surface area contributed by atoms with Gasteiger partial charge < -0.3 is 0 Å². The van der Waals surface area contributed by atoms with Gasteiger partial charge in [-0.25, -0.2) is 0 Å². The number of hydrogen-bond acceptors (Lipinski definition) is 4. The Bertz CT molecular complexity index is 1760. The maximum Gasteiger partial charge on any atom is 0.0369 e. The van der Waals surface area contributed by atoms with Gasteiger partial charge in [0.05, 0.1) is 0 Å². The molecular formula is C34H22S4. The lowest BCUT2D eigenvalue weighted by Gasteiger charge is -2.01. The van der Waals surface area contributed by atoms with Crippen LogP contribution in [-0.4, -0.2) is 0 Å². The van der Waals surface area contributed by atoms with Crippen molar-refractivity contribution in [3.05, 3.63) is 133 Å². The lowest BCUT2D eigenvalue weighted by Crippen LogP contribution is -1.74. The minimum atomic E-state index is 1.26. The molecule has 0 aliphatic carbocycles. The summed E-state index contributed by atoms with van der Waals surface area (Å²) in [6.45, 7) is 0. The Morgan fingerprint density at radius 1 is 0.263 bits per heavy atom. The molecule has 0 spiro atoms. The van der Waals surface area contributed by atoms with Crippen LogP contribution in [0.2, 0.25) is 0 Å². The molecule has 8 bridgehead atoms. The van der Waals surface area contributed by atoms with Crippen LogP contribution in [-0.2, 0) is 0 Å². The van der Waals surface area contributed by atoms with Gasteiger partial charge >= 0.3 is 0 Å². The van der Waals surface area contributed by atoms with Crippen molar-refractivity contribution < 1.29 is 0 Å². The average Bonchev–Trinajstić information content (AvgIpc) is 3.77. The van der Waals surface area contributed by atoms with Crippen LogP contribution in [0.4, 0.5) is 0 Å². The third kappa shape index (κ3) is 4.72. The van der Waals surface area contributed by atoms with E-state index in [2.05, 4.69) is 133 Å². The van der Waals surface area contributed by atoms with Gasteiger partial charge in [-0.2, -0.15) is 0 Å². The molecule has 0 radical (unpaired) electrons. The fraction of sp³-hybridized carbons (Fsp3) is 0. The summed E-state index contributed by atoms with van der Waals surface area (Å²) in [6.07, 6.45) is 0. The van der Waals surface area contributed by atoms with Crippen LogP contribution in [0, 0.1) is 0 Å². The fourth-order valence-electron chi connectivity index (χ4n) is 4.66. The summed E-state index contributed by atoms with van der Waals surface area (Å²) in [5.74, 6) is 0. The van der Waals surface area contributed by atoms with E-state index in [1.54, 1.807) is 0 Å². The third-order valence-electron chi connectivity index (χ3n) is 6.44. The molecule has 5 aromatic heterocycles. The van der Waals surface area contributed by atoms with Gasteiger partial charge in [0, 0.05) is 48.7 Å². The maximum absolute atomic E-state index is 2.27. The highest BCUT2D eigenvalue weighted by Crippen LogP contribution is 2.38. The Hall–Kier alpha value is -3.54. The van der Waals surface area contributed by atoms with Crippen molar-refractivity contribution in [2.45, 2.75) is 0 Å². The average molecular weight is 559 g/mol. The second-order valence-corrected chi connectivity index (χ2v) is 13.4. The fourth-order valence-corrected chi connectivity index (χ4v) is 8.75. The van der Waals surface area contributed by atoms with Crippen LogP contribution < -0.4 is 0 Å². The zero-order chi connectivity index (χ0) is 25.3. The molecule has 0 nitrogen and oxygen atoms in total. The van der Waals surface area contributed by atoms with Crippen molar-refractivity contribution in [1.29, 1.82) is 0 Å². The van der Waals surface area contributed by atoms with E-state index in [9.17, 15) is 0 Å². The van der Waals surface area contributed by atoms with Crippen molar-refractivity contribution in [2.24, 2.45) is 0 Å². The second kappa shape index (κ2) is 10.3. The van der Waals surface area contributed by atoms with Crippen molar-refractivity contribution in [3.63, 3.8) is 0 Å². The standard InChI is InChI=1S/C34H22S4/c1-3-7-23(8-4-1)33-29-19-15-25(35-29)11-13-27-17-21-31(37-27)34(24-9-5-2-6-10-24)32-22-18-28(38-32)14-12-26-16-20-30(33)36-26/h1-22H. The number of fused-ring (bicyclic) bond motifs is 8. The molecule has 0 aliphatic rings. The van der Waals surface area contributed by atoms with E-state index in [4.69, 9.17) is 0 Å². The Balaban J connectivity index is 1.55. The molecule has 4 heteroatoms. The molecule has 0 unspecified atom stereocenters. The van der Waals surface area contributed by atoms with Gasteiger partial charge in [-0.1, -0.05) is 60.7 Å². The van der Waals surface area contributed by atoms with Gasteiger partial charge in [0.15, 0.2) is 0 Å². The monoisotopic (exact) mass is 558 g/mol. The van der Waals surface area contributed by atoms with Gasteiger partial charge in [-0.05, 0) is 83.9 Å². The Morgan fingerprint density at radius 2 is 0.526 bits per heavy atom. The number of benzene rings is 2. The number of hydrogen-bond donors (Lipinski definition) is 0. The van der Waals surface area contributed by atoms with Gasteiger partial charge in [0.1, 0.15) is 0 Å². The van der Waals surface area contributed by atoms with Crippen molar-refractivity contribution in [3.8, 4) is 22.3 Å². The van der Waals surface area contributed by atoms with Crippen molar-refractivity contribution in [1.82, 2.24) is 0 Å². The predicted octanol–water partition coefficient (Wildman–Crippen LogP) is 12.1. The van der Waals surface area contributed by atoms with E-state index < -0.39 is 0 Å². The van der Waals surface area contributed by atoms with E-state index in [1.165, 1.54) is 59.9 Å². The summed E-state index contributed by atoms with van der Waals surface area (Å²) in [4.78, 5) is 0. The van der Waals surface area contributed by atoms with Crippen LogP contribution in [0.3, 0.4) is 0 Å². The minimum absolute atomic E-state index is 1.26. The summed E-state index contributed by atoms with van der Waals surface area (Å²) in [6, 6.07) is 48.6. The molecular weight excluding hydrogens is 537 g/mol. The van der Waals surface area contributed by atoms with Gasteiger partial charge in [-0.15, -0.1) is 45.3 Å². The molecule has 38 heavy (non-hydrogen) atoms. The summed E-state index contributed by atoms with van der Waals surface area (Å²) in [7, 11) is 0. The van der Waals surface area contributed by atoms with Crippen LogP contribution in [0.15, 0.2) is 133 Å². The highest BCUT2D eigenvalue weighted by molar-refractivity contribution is 7.27. The highest BCUT2D eigenvalue weighted by Gasteiger charge is 2.08. The Morgan fingerprint density at radius 3 is 0.816 bits per heavy atom. The molecule has 0 N–H and O–H groups in total. The lowest BCUT2D eigenvalue weighted by molar-refractivity contribution is 1.70. The summed E-state index contributed by atoms with van der Waals surface area (Å²) < 4.78 is 10.2. The molecule has 182 valence electrons. The van der Waals surface area contributed by atoms with Crippen molar-refractivity contribution in [2.75, 3.05) is 0 Å². The van der Waals surface area contributed by atoms with Gasteiger partial charge in [0.25, 0.3) is 0 Å². The quantitative estimate of drug-likeness (QED) is 0.198. The van der Waals surface area contributed by atoms with Crippen molar-refractivity contribution >= 4 is 82.9 Å². The summed E-state index contributed by atoms with van der Waals surface area (Å²) >= 11 is 7.41. The van der Waals surface area contributed by atoms with Crippen LogP contribution in [0.1, 0.15) is 0 Å². The SMILES string of the molecule is c1ccc(-c2c3ccc(ccc4ccc(s4)c(-c4ccccc4)c4ccc(ccc5ccc2s5)s4)s3)cc1. The first-order valence-corrected chi connectivity index (χ1v) is 15.7. The highest BCUT2D eigenvalue weighted by atomic mass is 32.1. The lowest BCUT2D eigenvalue weighted by atomic mass is 10.1. The van der Waals surface area contributed by atoms with E-state index in [-0.39, 0.29) is 0 Å². The molecule has 7 rings (SSSR count). The largest absolute Gasteiger partial charge is 0.136 e. The van der Waals surface area contributed by atoms with E-state index >= 15 is 0 Å². The minimum Gasteiger partial charge on any atom is -0.136 e. The van der Waals surface area contributed by atoms with E-state index in [1.807, 2.05) is 45.3 Å². The van der Waals surface area contributed by atoms with Crippen LogP contribution >= 0.6 is 45.3 Å². The smallest absolute Gasteiger partial charge is 0.0369 e. The number of rotatable bonds is 2. The Kier molecular flexibility index (Phi) is 6.40. The first kappa shape index (κ1) is 23.6. The molecule has 7 aromatic rings. The molecule has 0 saturated heterocycles. The molecule has 0 fully saturated rings. The van der Waals surface area contributed by atoms with Crippen LogP contribution in [0.5, 0.6) is 0 Å². The normalized spacial score (nSPS) is 11.2. The Labute approximate surface area is 237 Å². The van der Waals surface area contributed by atoms with Gasteiger partial charge in [-0.3, -0.25) is 0 Å². The first-order valence-electron chi connectivity index (χ1n) is 12.4. The molecule has 2 aromatic carbocycles. The molecule has 0 saturated carbocycles. The zero-order valence-corrected chi connectivity index (χ0v) is 23.6. The first-order chi connectivity index (χ1) is 18.8. The third-order valence-corrected chi connectivity index (χ3v) is 10.7. The number of thiophene rings is 4. The molecule has 0 amide bonds. The van der Waals surface area contributed by atoms with Gasteiger partial charge in [0.2, 0.25) is 0 Å². The topological polar surface area (TPSA) is 0 Å². The maximum atomic E-state index is 2.27. The summed E-state index contributed by atoms with van der Waals surface area (Å²) in [5.41, 5.74) is 5.12. The predicted molar refractivity (Wildman–Crippen MR) is 174 cm³/mol. The summed E-state index contributed by atoms with van der Waals surface area (Å²) in [5, 5.41) is 0. The molecule has 0 atom stereocenters. The zero-order valence-electron chi connectivity index (χ0n) is 20.3. The van der Waals surface area contributed by atoms with E-state index in [0.29, 0.717) is 0 Å². The second-order valence-electron chi connectivity index (χ2n) is 8.96. The van der Waals surface area contributed by atoms with Crippen LogP contribution in [0.25, 0.3) is 59.9 Å².